The first-order valence-corrected chi connectivity index (χ1v) is 6.65. The van der Waals surface area contributed by atoms with E-state index in [-0.39, 0.29) is 0 Å². The zero-order chi connectivity index (χ0) is 14.2. The summed E-state index contributed by atoms with van der Waals surface area (Å²) in [6.45, 7) is 5.43. The van der Waals surface area contributed by atoms with Gasteiger partial charge in [-0.25, -0.2) is 0 Å². The summed E-state index contributed by atoms with van der Waals surface area (Å²) in [6.07, 6.45) is -4.43. The third-order valence-corrected chi connectivity index (χ3v) is 3.86. The van der Waals surface area contributed by atoms with E-state index in [4.69, 9.17) is 0 Å². The molecule has 0 spiro atoms. The third-order valence-electron chi connectivity index (χ3n) is 3.86. The van der Waals surface area contributed by atoms with Gasteiger partial charge in [0.15, 0.2) is 11.5 Å². The van der Waals surface area contributed by atoms with E-state index >= 15 is 0 Å². The van der Waals surface area contributed by atoms with Crippen LogP contribution in [0.3, 0.4) is 0 Å². The molecule has 0 atom stereocenters. The Bertz CT molecular complexity index is 449. The number of piperazine rings is 1. The predicted octanol–water partition coefficient (Wildman–Crippen LogP) is 0.589. The van der Waals surface area contributed by atoms with Crippen molar-refractivity contribution in [3.8, 4) is 0 Å². The summed E-state index contributed by atoms with van der Waals surface area (Å²) in [4.78, 5) is 4.39. The Kier molecular flexibility index (Phi) is 3.51. The molecule has 20 heavy (non-hydrogen) atoms. The molecule has 3 heterocycles. The Balaban J connectivity index is 1.60. The highest BCUT2D eigenvalue weighted by Gasteiger charge is 2.33. The molecule has 0 aliphatic carbocycles. The molecule has 0 saturated carbocycles. The van der Waals surface area contributed by atoms with Crippen molar-refractivity contribution in [2.75, 3.05) is 44.2 Å². The number of halogens is 3. The van der Waals surface area contributed by atoms with Crippen molar-refractivity contribution in [2.24, 2.45) is 0 Å². The van der Waals surface area contributed by atoms with Crippen LogP contribution in [0.15, 0.2) is 12.1 Å². The third kappa shape index (κ3) is 2.71. The molecule has 3 rings (SSSR count). The molecule has 1 aromatic heterocycles. The van der Waals surface area contributed by atoms with Crippen LogP contribution in [0, 0.1) is 0 Å². The Hall–Kier alpha value is -1.41. The van der Waals surface area contributed by atoms with Gasteiger partial charge in [-0.1, -0.05) is 0 Å². The summed E-state index contributed by atoms with van der Waals surface area (Å²) in [5.74, 6) is 0.518. The van der Waals surface area contributed by atoms with Crippen LogP contribution < -0.4 is 10.2 Å². The van der Waals surface area contributed by atoms with E-state index in [1.54, 1.807) is 0 Å². The van der Waals surface area contributed by atoms with Crippen molar-refractivity contribution in [1.82, 2.24) is 20.4 Å². The number of anilines is 1. The average molecular weight is 287 g/mol. The lowest BCUT2D eigenvalue weighted by atomic mass is 10.1. The van der Waals surface area contributed by atoms with Crippen LogP contribution in [-0.4, -0.2) is 60.4 Å². The van der Waals surface area contributed by atoms with Crippen molar-refractivity contribution >= 4 is 5.82 Å². The summed E-state index contributed by atoms with van der Waals surface area (Å²) < 4.78 is 37.3. The fourth-order valence-corrected chi connectivity index (χ4v) is 2.49. The highest BCUT2D eigenvalue weighted by Crippen LogP contribution is 2.27. The van der Waals surface area contributed by atoms with Crippen molar-refractivity contribution in [2.45, 2.75) is 12.2 Å². The summed E-state index contributed by atoms with van der Waals surface area (Å²) in [7, 11) is 0. The number of hydrogen-bond donors (Lipinski definition) is 1. The van der Waals surface area contributed by atoms with Crippen LogP contribution in [0.5, 0.6) is 0 Å². The maximum atomic E-state index is 12.4. The molecule has 2 fully saturated rings. The Morgan fingerprint density at radius 1 is 1.05 bits per heavy atom. The monoisotopic (exact) mass is 287 g/mol. The molecule has 0 unspecified atom stereocenters. The highest BCUT2D eigenvalue weighted by molar-refractivity contribution is 5.38. The van der Waals surface area contributed by atoms with Crippen LogP contribution in [-0.2, 0) is 6.18 Å². The Morgan fingerprint density at radius 2 is 1.75 bits per heavy atom. The highest BCUT2D eigenvalue weighted by atomic mass is 19.4. The molecule has 2 aliphatic heterocycles. The summed E-state index contributed by atoms with van der Waals surface area (Å²) >= 11 is 0. The van der Waals surface area contributed by atoms with Crippen LogP contribution >= 0.6 is 0 Å². The van der Waals surface area contributed by atoms with Gasteiger partial charge in [-0.05, 0) is 12.1 Å². The summed E-state index contributed by atoms with van der Waals surface area (Å²) in [5.41, 5.74) is -0.944. The zero-order valence-electron chi connectivity index (χ0n) is 10.9. The van der Waals surface area contributed by atoms with Gasteiger partial charge in [0.25, 0.3) is 0 Å². The van der Waals surface area contributed by atoms with E-state index in [0.29, 0.717) is 11.9 Å². The zero-order valence-corrected chi connectivity index (χ0v) is 10.9. The van der Waals surface area contributed by atoms with Gasteiger partial charge >= 0.3 is 6.18 Å². The van der Waals surface area contributed by atoms with E-state index in [2.05, 4.69) is 20.4 Å². The number of aromatic nitrogens is 2. The van der Waals surface area contributed by atoms with Gasteiger partial charge in [-0.2, -0.15) is 13.2 Å². The van der Waals surface area contributed by atoms with Crippen LogP contribution in [0.25, 0.3) is 0 Å². The normalized spacial score (nSPS) is 21.9. The number of alkyl halides is 3. The fraction of sp³-hybridized carbons (Fsp3) is 0.667. The first-order valence-electron chi connectivity index (χ1n) is 6.65. The van der Waals surface area contributed by atoms with E-state index in [1.165, 1.54) is 6.07 Å². The van der Waals surface area contributed by atoms with Gasteiger partial charge in [-0.15, -0.1) is 10.2 Å². The second-order valence-corrected chi connectivity index (χ2v) is 5.11. The van der Waals surface area contributed by atoms with Gasteiger partial charge in [0.1, 0.15) is 0 Å². The van der Waals surface area contributed by atoms with E-state index in [0.717, 1.165) is 45.3 Å². The topological polar surface area (TPSA) is 44.3 Å². The number of nitrogens with zero attached hydrogens (tertiary/aromatic N) is 4. The lowest BCUT2D eigenvalue weighted by Gasteiger charge is -2.43. The van der Waals surface area contributed by atoms with Crippen molar-refractivity contribution in [3.63, 3.8) is 0 Å². The molecule has 2 aliphatic rings. The van der Waals surface area contributed by atoms with Crippen LogP contribution in [0.2, 0.25) is 0 Å². The molecule has 0 amide bonds. The van der Waals surface area contributed by atoms with Crippen LogP contribution in [0.4, 0.5) is 19.0 Å². The van der Waals surface area contributed by atoms with Crippen molar-refractivity contribution in [1.29, 1.82) is 0 Å². The SMILES string of the molecule is FC(F)(F)c1ccc(N2CCN(C3CNC3)CC2)nn1. The minimum absolute atomic E-state index is 0.518. The lowest BCUT2D eigenvalue weighted by Crippen LogP contribution is -2.61. The van der Waals surface area contributed by atoms with E-state index < -0.39 is 11.9 Å². The molecular weight excluding hydrogens is 271 g/mol. The minimum Gasteiger partial charge on any atom is -0.353 e. The lowest BCUT2D eigenvalue weighted by molar-refractivity contribution is -0.141. The predicted molar refractivity (Wildman–Crippen MR) is 67.5 cm³/mol. The molecule has 1 aromatic rings. The number of rotatable bonds is 2. The molecule has 0 aromatic carbocycles. The van der Waals surface area contributed by atoms with Gasteiger partial charge in [0.2, 0.25) is 0 Å². The molecule has 0 bridgehead atoms. The first kappa shape index (κ1) is 13.6. The Labute approximate surface area is 114 Å². The smallest absolute Gasteiger partial charge is 0.353 e. The largest absolute Gasteiger partial charge is 0.435 e. The second-order valence-electron chi connectivity index (χ2n) is 5.11. The Morgan fingerprint density at radius 3 is 2.20 bits per heavy atom. The van der Waals surface area contributed by atoms with Gasteiger partial charge in [-0.3, -0.25) is 4.90 Å². The van der Waals surface area contributed by atoms with E-state index in [1.807, 2.05) is 4.90 Å². The molecule has 8 heteroatoms. The van der Waals surface area contributed by atoms with Crippen LogP contribution in [0.1, 0.15) is 5.69 Å². The van der Waals surface area contributed by atoms with Crippen molar-refractivity contribution in [3.05, 3.63) is 17.8 Å². The van der Waals surface area contributed by atoms with Crippen molar-refractivity contribution < 1.29 is 13.2 Å². The average Bonchev–Trinajstić information content (AvgIpc) is 2.37. The van der Waals surface area contributed by atoms with Gasteiger partial charge in [0.05, 0.1) is 0 Å². The number of nitrogens with one attached hydrogen (secondary N) is 1. The molecule has 110 valence electrons. The molecule has 2 saturated heterocycles. The minimum atomic E-state index is -4.43. The number of hydrogen-bond acceptors (Lipinski definition) is 5. The quantitative estimate of drug-likeness (QED) is 0.862. The maximum Gasteiger partial charge on any atom is 0.435 e. The summed E-state index contributed by atoms with van der Waals surface area (Å²) in [5, 5.41) is 10.2. The molecule has 1 N–H and O–H groups in total. The van der Waals surface area contributed by atoms with Gasteiger partial charge < -0.3 is 10.2 Å². The molecule has 5 nitrogen and oxygen atoms in total. The maximum absolute atomic E-state index is 12.4. The second kappa shape index (κ2) is 5.17. The standard InChI is InChI=1S/C12H16F3N5/c13-12(14,15)10-1-2-11(18-17-10)20-5-3-19(4-6-20)9-7-16-8-9/h1-2,9,16H,3-8H2. The molecular formula is C12H16F3N5. The fourth-order valence-electron chi connectivity index (χ4n) is 2.49. The molecule has 0 radical (unpaired) electrons. The van der Waals surface area contributed by atoms with Gasteiger partial charge in [0, 0.05) is 45.3 Å². The first-order chi connectivity index (χ1) is 9.54. The van der Waals surface area contributed by atoms with E-state index in [9.17, 15) is 13.2 Å². The summed E-state index contributed by atoms with van der Waals surface area (Å²) in [6, 6.07) is 3.00.